The highest BCUT2D eigenvalue weighted by atomic mass is 15.2. The average molecular weight is 251 g/mol. The lowest BCUT2D eigenvalue weighted by molar-refractivity contribution is 0.138. The van der Waals surface area contributed by atoms with Crippen LogP contribution in [0.3, 0.4) is 0 Å². The van der Waals surface area contributed by atoms with Crippen molar-refractivity contribution >= 4 is 0 Å². The predicted octanol–water partition coefficient (Wildman–Crippen LogP) is 1.69. The van der Waals surface area contributed by atoms with Gasteiger partial charge in [-0.1, -0.05) is 6.92 Å². The first-order valence-corrected chi connectivity index (χ1v) is 8.07. The molecule has 3 fully saturated rings. The third-order valence-electron chi connectivity index (χ3n) is 4.93. The number of nitrogens with zero attached hydrogens (tertiary/aromatic N) is 2. The van der Waals surface area contributed by atoms with E-state index in [0.29, 0.717) is 0 Å². The molecule has 2 heterocycles. The Hall–Kier alpha value is -0.120. The van der Waals surface area contributed by atoms with Crippen molar-refractivity contribution in [3.05, 3.63) is 0 Å². The van der Waals surface area contributed by atoms with E-state index >= 15 is 0 Å². The summed E-state index contributed by atoms with van der Waals surface area (Å²) in [6.07, 6.45) is 8.46. The Balaban J connectivity index is 1.46. The van der Waals surface area contributed by atoms with E-state index in [4.69, 9.17) is 0 Å². The van der Waals surface area contributed by atoms with Gasteiger partial charge in [-0.05, 0) is 58.2 Å². The minimum Gasteiger partial charge on any atom is -0.310 e. The summed E-state index contributed by atoms with van der Waals surface area (Å²) in [7, 11) is 0. The van der Waals surface area contributed by atoms with Crippen LogP contribution in [-0.2, 0) is 0 Å². The van der Waals surface area contributed by atoms with Crippen LogP contribution in [0.5, 0.6) is 0 Å². The molecule has 0 aromatic rings. The first-order valence-electron chi connectivity index (χ1n) is 8.07. The molecule has 2 saturated heterocycles. The van der Waals surface area contributed by atoms with Crippen LogP contribution in [0.2, 0.25) is 0 Å². The first-order chi connectivity index (χ1) is 8.85. The van der Waals surface area contributed by atoms with Crippen molar-refractivity contribution in [1.82, 2.24) is 15.1 Å². The summed E-state index contributed by atoms with van der Waals surface area (Å²) in [5.74, 6) is 0. The summed E-state index contributed by atoms with van der Waals surface area (Å²) in [5.41, 5.74) is 0. The molecule has 0 aromatic carbocycles. The molecule has 0 radical (unpaired) electrons. The monoisotopic (exact) mass is 251 g/mol. The molecule has 0 aromatic heterocycles. The number of nitrogens with one attached hydrogen (secondary N) is 1. The van der Waals surface area contributed by atoms with Gasteiger partial charge < -0.3 is 10.2 Å². The second-order valence-electron chi connectivity index (χ2n) is 6.46. The van der Waals surface area contributed by atoms with Crippen LogP contribution < -0.4 is 5.32 Å². The molecule has 1 saturated carbocycles. The molecule has 2 unspecified atom stereocenters. The zero-order chi connectivity index (χ0) is 12.4. The van der Waals surface area contributed by atoms with E-state index < -0.39 is 0 Å². The standard InChI is InChI=1S/C15H29N3/c1-2-18-10-4-6-15(18)12-17-9-3-5-14(11-17)16-13-7-8-13/h13-16H,2-12H2,1H3. The first kappa shape index (κ1) is 12.9. The molecule has 3 aliphatic rings. The lowest BCUT2D eigenvalue weighted by atomic mass is 10.0. The van der Waals surface area contributed by atoms with Crippen LogP contribution >= 0.6 is 0 Å². The van der Waals surface area contributed by atoms with Crippen molar-refractivity contribution < 1.29 is 0 Å². The SMILES string of the molecule is CCN1CCCC1CN1CCCC(NC2CC2)C1. The Morgan fingerprint density at radius 1 is 1.00 bits per heavy atom. The number of likely N-dealkylation sites (N-methyl/N-ethyl adjacent to an activating group) is 1. The van der Waals surface area contributed by atoms with E-state index in [0.717, 1.165) is 18.1 Å². The Kier molecular flexibility index (Phi) is 4.22. The van der Waals surface area contributed by atoms with E-state index in [1.165, 1.54) is 71.2 Å². The molecule has 1 aliphatic carbocycles. The van der Waals surface area contributed by atoms with Crippen molar-refractivity contribution in [2.24, 2.45) is 0 Å². The zero-order valence-electron chi connectivity index (χ0n) is 11.9. The van der Waals surface area contributed by atoms with Crippen molar-refractivity contribution in [1.29, 1.82) is 0 Å². The van der Waals surface area contributed by atoms with Gasteiger partial charge in [-0.2, -0.15) is 0 Å². The molecule has 1 N–H and O–H groups in total. The Labute approximate surface area is 112 Å². The minimum absolute atomic E-state index is 0.780. The third kappa shape index (κ3) is 3.25. The van der Waals surface area contributed by atoms with E-state index in [2.05, 4.69) is 22.0 Å². The van der Waals surface area contributed by atoms with Gasteiger partial charge in [-0.25, -0.2) is 0 Å². The fourth-order valence-electron chi connectivity index (χ4n) is 3.76. The van der Waals surface area contributed by atoms with E-state index in [9.17, 15) is 0 Å². The molecule has 3 rings (SSSR count). The maximum Gasteiger partial charge on any atom is 0.0223 e. The molecule has 104 valence electrons. The summed E-state index contributed by atoms with van der Waals surface area (Å²) in [4.78, 5) is 5.40. The van der Waals surface area contributed by atoms with Gasteiger partial charge in [0.25, 0.3) is 0 Å². The number of piperidine rings is 1. The molecule has 3 heteroatoms. The average Bonchev–Trinajstić information content (AvgIpc) is 3.07. The third-order valence-corrected chi connectivity index (χ3v) is 4.93. The highest BCUT2D eigenvalue weighted by Gasteiger charge is 2.30. The van der Waals surface area contributed by atoms with Crippen LogP contribution in [-0.4, -0.2) is 60.6 Å². The lowest BCUT2D eigenvalue weighted by Crippen LogP contribution is -2.50. The Morgan fingerprint density at radius 2 is 1.83 bits per heavy atom. The predicted molar refractivity (Wildman–Crippen MR) is 75.9 cm³/mol. The Morgan fingerprint density at radius 3 is 2.61 bits per heavy atom. The van der Waals surface area contributed by atoms with Crippen LogP contribution in [0.1, 0.15) is 45.4 Å². The topological polar surface area (TPSA) is 18.5 Å². The van der Waals surface area contributed by atoms with Gasteiger partial charge in [0.2, 0.25) is 0 Å². The van der Waals surface area contributed by atoms with Crippen LogP contribution in [0.25, 0.3) is 0 Å². The van der Waals surface area contributed by atoms with Crippen LogP contribution in [0, 0.1) is 0 Å². The minimum atomic E-state index is 0.780. The van der Waals surface area contributed by atoms with E-state index in [-0.39, 0.29) is 0 Å². The molecule has 0 amide bonds. The normalized spacial score (nSPS) is 35.2. The smallest absolute Gasteiger partial charge is 0.0223 e. The second kappa shape index (κ2) is 5.89. The lowest BCUT2D eigenvalue weighted by Gasteiger charge is -2.36. The summed E-state index contributed by atoms with van der Waals surface area (Å²) in [6, 6.07) is 2.49. The van der Waals surface area contributed by atoms with Gasteiger partial charge in [-0.15, -0.1) is 0 Å². The number of hydrogen-bond donors (Lipinski definition) is 1. The molecule has 0 spiro atoms. The quantitative estimate of drug-likeness (QED) is 0.802. The molecule has 3 nitrogen and oxygen atoms in total. The van der Waals surface area contributed by atoms with Gasteiger partial charge >= 0.3 is 0 Å². The van der Waals surface area contributed by atoms with Crippen LogP contribution in [0.4, 0.5) is 0 Å². The molecular weight excluding hydrogens is 222 g/mol. The van der Waals surface area contributed by atoms with Crippen molar-refractivity contribution in [2.45, 2.75) is 63.6 Å². The summed E-state index contributed by atoms with van der Waals surface area (Å²) in [6.45, 7) is 8.82. The number of likely N-dealkylation sites (tertiary alicyclic amines) is 2. The largest absolute Gasteiger partial charge is 0.310 e. The molecule has 18 heavy (non-hydrogen) atoms. The van der Waals surface area contributed by atoms with Crippen molar-refractivity contribution in [2.75, 3.05) is 32.7 Å². The van der Waals surface area contributed by atoms with Crippen molar-refractivity contribution in [3.8, 4) is 0 Å². The van der Waals surface area contributed by atoms with E-state index in [1.54, 1.807) is 0 Å². The van der Waals surface area contributed by atoms with Gasteiger partial charge in [0.15, 0.2) is 0 Å². The summed E-state index contributed by atoms with van der Waals surface area (Å²) < 4.78 is 0. The van der Waals surface area contributed by atoms with Gasteiger partial charge in [-0.3, -0.25) is 4.90 Å². The highest BCUT2D eigenvalue weighted by molar-refractivity contribution is 4.89. The molecule has 2 aliphatic heterocycles. The fraction of sp³-hybridized carbons (Fsp3) is 1.00. The van der Waals surface area contributed by atoms with E-state index in [1.807, 2.05) is 0 Å². The van der Waals surface area contributed by atoms with Gasteiger partial charge in [0.1, 0.15) is 0 Å². The zero-order valence-corrected chi connectivity index (χ0v) is 11.9. The maximum atomic E-state index is 3.82. The van der Waals surface area contributed by atoms with Gasteiger partial charge in [0, 0.05) is 31.2 Å². The number of rotatable bonds is 5. The molecule has 2 atom stereocenters. The maximum absolute atomic E-state index is 3.82. The molecule has 0 bridgehead atoms. The summed E-state index contributed by atoms with van der Waals surface area (Å²) in [5, 5.41) is 3.82. The van der Waals surface area contributed by atoms with Gasteiger partial charge in [0.05, 0.1) is 0 Å². The Bertz CT molecular complexity index is 264. The highest BCUT2D eigenvalue weighted by Crippen LogP contribution is 2.23. The number of hydrogen-bond acceptors (Lipinski definition) is 3. The molecular formula is C15H29N3. The van der Waals surface area contributed by atoms with Crippen LogP contribution in [0.15, 0.2) is 0 Å². The summed E-state index contributed by atoms with van der Waals surface area (Å²) >= 11 is 0. The fourth-order valence-corrected chi connectivity index (χ4v) is 3.76. The van der Waals surface area contributed by atoms with Crippen molar-refractivity contribution in [3.63, 3.8) is 0 Å². The second-order valence-corrected chi connectivity index (χ2v) is 6.46.